The molecule has 0 aliphatic heterocycles. The number of amides is 1. The monoisotopic (exact) mass is 479 g/mol. The van der Waals surface area contributed by atoms with Gasteiger partial charge in [0.05, 0.1) is 25.0 Å². The molecule has 0 aliphatic rings. The Labute approximate surface area is 198 Å². The number of hydrogen-bond donors (Lipinski definition) is 1. The zero-order valence-electron chi connectivity index (χ0n) is 18.2. The number of hydrogen-bond acceptors (Lipinski definition) is 8. The molecular weight excluding hydrogens is 458 g/mol. The maximum Gasteiger partial charge on any atom is 0.341 e. The number of nitrogens with one attached hydrogen (secondary N) is 1. The molecule has 0 aliphatic carbocycles. The van der Waals surface area contributed by atoms with Crippen LogP contribution in [0.4, 0.5) is 5.00 Å². The number of esters is 2. The Morgan fingerprint density at radius 3 is 2.59 bits per heavy atom. The van der Waals surface area contributed by atoms with E-state index in [9.17, 15) is 14.4 Å². The number of benzene rings is 1. The van der Waals surface area contributed by atoms with E-state index in [0.29, 0.717) is 23.4 Å². The Morgan fingerprint density at radius 2 is 1.91 bits per heavy atom. The Hall–Kier alpha value is -4.18. The van der Waals surface area contributed by atoms with Gasteiger partial charge in [-0.25, -0.2) is 9.59 Å². The summed E-state index contributed by atoms with van der Waals surface area (Å²) in [6, 6.07) is 12.1. The molecule has 0 spiro atoms. The van der Waals surface area contributed by atoms with Gasteiger partial charge in [-0.2, -0.15) is 5.10 Å². The van der Waals surface area contributed by atoms with Gasteiger partial charge in [-0.1, -0.05) is 12.1 Å². The van der Waals surface area contributed by atoms with Crippen LogP contribution in [0.15, 0.2) is 70.9 Å². The zero-order chi connectivity index (χ0) is 23.9. The summed E-state index contributed by atoms with van der Waals surface area (Å²) in [4.78, 5) is 37.3. The van der Waals surface area contributed by atoms with E-state index >= 15 is 0 Å². The van der Waals surface area contributed by atoms with Crippen LogP contribution >= 0.6 is 11.3 Å². The second-order valence-electron chi connectivity index (χ2n) is 7.08. The lowest BCUT2D eigenvalue weighted by Crippen LogP contribution is -2.21. The normalized spacial score (nSPS) is 10.6. The highest BCUT2D eigenvalue weighted by atomic mass is 32.1. The van der Waals surface area contributed by atoms with Crippen molar-refractivity contribution < 1.29 is 28.3 Å². The highest BCUT2D eigenvalue weighted by molar-refractivity contribution is 7.15. The van der Waals surface area contributed by atoms with E-state index in [4.69, 9.17) is 13.9 Å². The summed E-state index contributed by atoms with van der Waals surface area (Å²) in [6.07, 6.45) is 5.03. The van der Waals surface area contributed by atoms with Crippen LogP contribution < -0.4 is 5.32 Å². The number of thiophene rings is 1. The number of nitrogens with zero attached hydrogens (tertiary/aromatic N) is 2. The largest absolute Gasteiger partial charge is 0.464 e. The van der Waals surface area contributed by atoms with Gasteiger partial charge in [-0.05, 0) is 42.8 Å². The van der Waals surface area contributed by atoms with Crippen molar-refractivity contribution in [1.82, 2.24) is 9.78 Å². The van der Waals surface area contributed by atoms with Gasteiger partial charge in [0, 0.05) is 23.3 Å². The highest BCUT2D eigenvalue weighted by Crippen LogP contribution is 2.36. The molecule has 0 bridgehead atoms. The van der Waals surface area contributed by atoms with Crippen molar-refractivity contribution in [2.75, 3.05) is 18.5 Å². The molecule has 34 heavy (non-hydrogen) atoms. The van der Waals surface area contributed by atoms with Gasteiger partial charge in [0.25, 0.3) is 5.91 Å². The van der Waals surface area contributed by atoms with Gasteiger partial charge in [0.1, 0.15) is 16.3 Å². The number of carbonyl (C=O) groups excluding carboxylic acids is 3. The average molecular weight is 480 g/mol. The molecule has 0 fully saturated rings. The Bertz CT molecular complexity index is 1260. The van der Waals surface area contributed by atoms with E-state index in [1.165, 1.54) is 6.26 Å². The summed E-state index contributed by atoms with van der Waals surface area (Å²) in [5.41, 5.74) is 1.99. The van der Waals surface area contributed by atoms with Crippen molar-refractivity contribution >= 4 is 34.2 Å². The van der Waals surface area contributed by atoms with Crippen molar-refractivity contribution in [3.05, 3.63) is 83.2 Å². The van der Waals surface area contributed by atoms with Crippen molar-refractivity contribution in [3.63, 3.8) is 0 Å². The molecule has 9 nitrogen and oxygen atoms in total. The fraction of sp³-hybridized carbons (Fsp3) is 0.167. The van der Waals surface area contributed by atoms with Crippen molar-refractivity contribution in [2.24, 2.45) is 0 Å². The molecular formula is C24H21N3O6S. The first-order valence-electron chi connectivity index (χ1n) is 10.4. The fourth-order valence-corrected chi connectivity index (χ4v) is 4.13. The van der Waals surface area contributed by atoms with E-state index in [-0.39, 0.29) is 17.2 Å². The molecule has 0 saturated heterocycles. The SMILES string of the molecule is CCOC(=O)c1c(-c2ccco2)csc1NC(=O)COC(=O)c1ccc(Cn2cccn2)cc1. The molecule has 0 unspecified atom stereocenters. The summed E-state index contributed by atoms with van der Waals surface area (Å²) in [5, 5.41) is 8.74. The van der Waals surface area contributed by atoms with Crippen molar-refractivity contribution in [3.8, 4) is 11.3 Å². The van der Waals surface area contributed by atoms with Gasteiger partial charge >= 0.3 is 11.9 Å². The minimum atomic E-state index is -0.631. The standard InChI is InChI=1S/C24H21N3O6S/c1-2-31-24(30)21-18(19-5-3-12-32-19)15-34-22(21)26-20(28)14-33-23(29)17-8-6-16(7-9-17)13-27-11-4-10-25-27/h3-12,15H,2,13-14H2,1H3,(H,26,28). The molecule has 10 heteroatoms. The van der Waals surface area contributed by atoms with E-state index < -0.39 is 24.5 Å². The maximum atomic E-state index is 12.5. The Morgan fingerprint density at radius 1 is 1.09 bits per heavy atom. The molecule has 4 rings (SSSR count). The lowest BCUT2D eigenvalue weighted by molar-refractivity contribution is -0.119. The third-order valence-electron chi connectivity index (χ3n) is 4.74. The van der Waals surface area contributed by atoms with Crippen LogP contribution in [-0.2, 0) is 20.8 Å². The number of ether oxygens (including phenoxy) is 2. The van der Waals surface area contributed by atoms with Crippen LogP contribution in [0.3, 0.4) is 0 Å². The quantitative estimate of drug-likeness (QED) is 0.358. The summed E-state index contributed by atoms with van der Waals surface area (Å²) < 4.78 is 17.4. The van der Waals surface area contributed by atoms with E-state index in [2.05, 4.69) is 10.4 Å². The minimum absolute atomic E-state index is 0.179. The van der Waals surface area contributed by atoms with Gasteiger partial charge in [-0.15, -0.1) is 11.3 Å². The van der Waals surface area contributed by atoms with Crippen LogP contribution in [-0.4, -0.2) is 40.8 Å². The van der Waals surface area contributed by atoms with E-state index in [1.807, 2.05) is 12.3 Å². The number of aromatic nitrogens is 2. The summed E-state index contributed by atoms with van der Waals surface area (Å²) in [7, 11) is 0. The Kier molecular flexibility index (Phi) is 7.19. The van der Waals surface area contributed by atoms with Gasteiger partial charge in [-0.3, -0.25) is 9.48 Å². The van der Waals surface area contributed by atoms with Gasteiger partial charge in [0.2, 0.25) is 0 Å². The minimum Gasteiger partial charge on any atom is -0.464 e. The number of rotatable bonds is 9. The zero-order valence-corrected chi connectivity index (χ0v) is 19.0. The van der Waals surface area contributed by atoms with Gasteiger partial charge < -0.3 is 19.2 Å². The molecule has 1 amide bonds. The highest BCUT2D eigenvalue weighted by Gasteiger charge is 2.24. The molecule has 3 aromatic heterocycles. The van der Waals surface area contributed by atoms with Crippen LogP contribution in [0, 0.1) is 0 Å². The van der Waals surface area contributed by atoms with E-state index in [0.717, 1.165) is 16.9 Å². The summed E-state index contributed by atoms with van der Waals surface area (Å²) in [6.45, 7) is 1.94. The maximum absolute atomic E-state index is 12.5. The second kappa shape index (κ2) is 10.6. The number of carbonyl (C=O) groups is 3. The first-order valence-corrected chi connectivity index (χ1v) is 11.3. The molecule has 174 valence electrons. The van der Waals surface area contributed by atoms with Crippen LogP contribution in [0.5, 0.6) is 0 Å². The van der Waals surface area contributed by atoms with E-state index in [1.54, 1.807) is 59.6 Å². The predicted octanol–water partition coefficient (Wildman–Crippen LogP) is 4.23. The van der Waals surface area contributed by atoms with Crippen LogP contribution in [0.2, 0.25) is 0 Å². The second-order valence-corrected chi connectivity index (χ2v) is 7.96. The smallest absolute Gasteiger partial charge is 0.341 e. The molecule has 0 radical (unpaired) electrons. The van der Waals surface area contributed by atoms with Crippen molar-refractivity contribution in [1.29, 1.82) is 0 Å². The summed E-state index contributed by atoms with van der Waals surface area (Å²) >= 11 is 1.15. The molecule has 3 heterocycles. The number of furan rings is 1. The molecule has 4 aromatic rings. The first-order chi connectivity index (χ1) is 16.5. The van der Waals surface area contributed by atoms with Gasteiger partial charge in [0.15, 0.2) is 6.61 Å². The summed E-state index contributed by atoms with van der Waals surface area (Å²) in [5.74, 6) is -1.32. The molecule has 0 saturated carbocycles. The lowest BCUT2D eigenvalue weighted by atomic mass is 10.1. The third-order valence-corrected chi connectivity index (χ3v) is 5.63. The number of anilines is 1. The van der Waals surface area contributed by atoms with Crippen LogP contribution in [0.1, 0.15) is 33.2 Å². The third kappa shape index (κ3) is 5.41. The van der Waals surface area contributed by atoms with Crippen LogP contribution in [0.25, 0.3) is 11.3 Å². The molecule has 1 N–H and O–H groups in total. The lowest BCUT2D eigenvalue weighted by Gasteiger charge is -2.09. The topological polar surface area (TPSA) is 113 Å². The Balaban J connectivity index is 1.37. The fourth-order valence-electron chi connectivity index (χ4n) is 3.17. The van der Waals surface area contributed by atoms with Crippen molar-refractivity contribution in [2.45, 2.75) is 13.5 Å². The predicted molar refractivity (Wildman–Crippen MR) is 125 cm³/mol. The molecule has 1 aromatic carbocycles. The average Bonchev–Trinajstić information content (AvgIpc) is 3.60. The molecule has 0 atom stereocenters. The first kappa shape index (κ1) is 23.0.